The van der Waals surface area contributed by atoms with Crippen molar-refractivity contribution in [3.8, 4) is 0 Å². The van der Waals surface area contributed by atoms with E-state index in [0.29, 0.717) is 6.04 Å². The highest BCUT2D eigenvalue weighted by Gasteiger charge is 2.11. The quantitative estimate of drug-likeness (QED) is 0.779. The van der Waals surface area contributed by atoms with E-state index in [4.69, 9.17) is 0 Å². The summed E-state index contributed by atoms with van der Waals surface area (Å²) in [5.74, 6) is 1.68. The molecule has 84 valence electrons. The van der Waals surface area contributed by atoms with Crippen molar-refractivity contribution in [3.63, 3.8) is 0 Å². The third-order valence-electron chi connectivity index (χ3n) is 2.52. The highest BCUT2D eigenvalue weighted by molar-refractivity contribution is 4.95. The smallest absolute Gasteiger partial charge is 0.145 e. The van der Waals surface area contributed by atoms with Crippen LogP contribution in [-0.2, 0) is 0 Å². The summed E-state index contributed by atoms with van der Waals surface area (Å²) in [4.78, 5) is 8.55. The first-order chi connectivity index (χ1) is 7.24. The lowest BCUT2D eigenvalue weighted by atomic mass is 10.0. The van der Waals surface area contributed by atoms with Crippen LogP contribution in [0.4, 0.5) is 0 Å². The summed E-state index contributed by atoms with van der Waals surface area (Å²) in [7, 11) is 1.97. The zero-order valence-electron chi connectivity index (χ0n) is 9.90. The Kier molecular flexibility index (Phi) is 5.26. The van der Waals surface area contributed by atoms with Crippen LogP contribution in [0, 0.1) is 5.92 Å². The van der Waals surface area contributed by atoms with Gasteiger partial charge in [-0.05, 0) is 25.5 Å². The summed E-state index contributed by atoms with van der Waals surface area (Å²) in [5, 5.41) is 3.27. The third-order valence-corrected chi connectivity index (χ3v) is 2.52. The van der Waals surface area contributed by atoms with E-state index < -0.39 is 0 Å². The Morgan fingerprint density at radius 2 is 1.87 bits per heavy atom. The maximum atomic E-state index is 4.27. The van der Waals surface area contributed by atoms with Gasteiger partial charge < -0.3 is 5.32 Å². The predicted molar refractivity (Wildman–Crippen MR) is 62.5 cm³/mol. The molecule has 0 amide bonds. The van der Waals surface area contributed by atoms with Gasteiger partial charge in [-0.15, -0.1) is 0 Å². The van der Waals surface area contributed by atoms with Crippen LogP contribution in [0.15, 0.2) is 18.5 Å². The molecule has 0 aromatic carbocycles. The van der Waals surface area contributed by atoms with E-state index >= 15 is 0 Å². The topological polar surface area (TPSA) is 37.8 Å². The van der Waals surface area contributed by atoms with Gasteiger partial charge >= 0.3 is 0 Å². The van der Waals surface area contributed by atoms with Gasteiger partial charge in [0.2, 0.25) is 0 Å². The molecule has 1 heterocycles. The molecule has 1 atom stereocenters. The minimum absolute atomic E-state index is 0.296. The summed E-state index contributed by atoms with van der Waals surface area (Å²) in [6.07, 6.45) is 7.20. The molecule has 0 fully saturated rings. The minimum atomic E-state index is 0.296. The summed E-state index contributed by atoms with van der Waals surface area (Å²) in [6.45, 7) is 4.51. The second-order valence-electron chi connectivity index (χ2n) is 4.27. The highest BCUT2D eigenvalue weighted by Crippen LogP contribution is 2.16. The van der Waals surface area contributed by atoms with Crippen molar-refractivity contribution >= 4 is 0 Å². The van der Waals surface area contributed by atoms with Gasteiger partial charge in [0, 0.05) is 12.4 Å². The number of hydrogen-bond acceptors (Lipinski definition) is 3. The molecule has 0 saturated carbocycles. The Bertz CT molecular complexity index is 259. The SMILES string of the molecule is CNC(CCCC(C)C)c1ncccn1. The van der Waals surface area contributed by atoms with E-state index in [9.17, 15) is 0 Å². The standard InChI is InChI=1S/C12H21N3/c1-10(2)6-4-7-11(13-3)12-14-8-5-9-15-12/h5,8-11,13H,4,6-7H2,1-3H3. The lowest BCUT2D eigenvalue weighted by molar-refractivity contribution is 0.456. The minimum Gasteiger partial charge on any atom is -0.310 e. The molecule has 1 unspecified atom stereocenters. The normalized spacial score (nSPS) is 13.1. The monoisotopic (exact) mass is 207 g/mol. The number of aromatic nitrogens is 2. The van der Waals surface area contributed by atoms with Crippen molar-refractivity contribution in [2.45, 2.75) is 39.2 Å². The van der Waals surface area contributed by atoms with Crippen LogP contribution >= 0.6 is 0 Å². The molecule has 1 N–H and O–H groups in total. The summed E-state index contributed by atoms with van der Waals surface area (Å²) >= 11 is 0. The fourth-order valence-corrected chi connectivity index (χ4v) is 1.62. The Balaban J connectivity index is 2.43. The molecule has 0 spiro atoms. The average Bonchev–Trinajstić information content (AvgIpc) is 2.25. The molecule has 1 aromatic rings. The zero-order valence-corrected chi connectivity index (χ0v) is 9.90. The molecule has 0 radical (unpaired) electrons. The van der Waals surface area contributed by atoms with E-state index in [0.717, 1.165) is 18.2 Å². The molecular formula is C12H21N3. The number of rotatable bonds is 6. The van der Waals surface area contributed by atoms with Crippen LogP contribution in [0.3, 0.4) is 0 Å². The maximum absolute atomic E-state index is 4.27. The molecule has 0 saturated heterocycles. The average molecular weight is 207 g/mol. The summed E-state index contributed by atoms with van der Waals surface area (Å²) in [5.41, 5.74) is 0. The van der Waals surface area contributed by atoms with Crippen molar-refractivity contribution in [1.82, 2.24) is 15.3 Å². The van der Waals surface area contributed by atoms with Crippen molar-refractivity contribution < 1.29 is 0 Å². The number of hydrogen-bond donors (Lipinski definition) is 1. The zero-order chi connectivity index (χ0) is 11.1. The summed E-state index contributed by atoms with van der Waals surface area (Å²) < 4.78 is 0. The van der Waals surface area contributed by atoms with Gasteiger partial charge in [-0.25, -0.2) is 9.97 Å². The van der Waals surface area contributed by atoms with Crippen LogP contribution in [0.25, 0.3) is 0 Å². The van der Waals surface area contributed by atoms with Crippen molar-refractivity contribution in [2.75, 3.05) is 7.05 Å². The number of nitrogens with one attached hydrogen (secondary N) is 1. The van der Waals surface area contributed by atoms with E-state index in [-0.39, 0.29) is 0 Å². The molecule has 0 aliphatic rings. The molecular weight excluding hydrogens is 186 g/mol. The second-order valence-corrected chi connectivity index (χ2v) is 4.27. The first kappa shape index (κ1) is 12.1. The van der Waals surface area contributed by atoms with Crippen molar-refractivity contribution in [3.05, 3.63) is 24.3 Å². The van der Waals surface area contributed by atoms with E-state index in [1.165, 1.54) is 12.8 Å². The second kappa shape index (κ2) is 6.51. The van der Waals surface area contributed by atoms with Crippen LogP contribution in [0.1, 0.15) is 45.0 Å². The fourth-order valence-electron chi connectivity index (χ4n) is 1.62. The van der Waals surface area contributed by atoms with Crippen LogP contribution in [0.5, 0.6) is 0 Å². The van der Waals surface area contributed by atoms with Crippen LogP contribution in [0.2, 0.25) is 0 Å². The molecule has 15 heavy (non-hydrogen) atoms. The Hall–Kier alpha value is -0.960. The maximum Gasteiger partial charge on any atom is 0.145 e. The van der Waals surface area contributed by atoms with E-state index in [2.05, 4.69) is 29.1 Å². The van der Waals surface area contributed by atoms with E-state index in [1.807, 2.05) is 13.1 Å². The van der Waals surface area contributed by atoms with Gasteiger partial charge in [0.1, 0.15) is 5.82 Å². The predicted octanol–water partition coefficient (Wildman–Crippen LogP) is 2.56. The van der Waals surface area contributed by atoms with Gasteiger partial charge in [-0.3, -0.25) is 0 Å². The Morgan fingerprint density at radius 1 is 1.20 bits per heavy atom. The molecule has 3 nitrogen and oxygen atoms in total. The third kappa shape index (κ3) is 4.38. The van der Waals surface area contributed by atoms with Gasteiger partial charge in [-0.1, -0.05) is 26.7 Å². The fraction of sp³-hybridized carbons (Fsp3) is 0.667. The molecule has 3 heteroatoms. The lowest BCUT2D eigenvalue weighted by Crippen LogP contribution is -2.18. The van der Waals surface area contributed by atoms with Crippen LogP contribution < -0.4 is 5.32 Å². The molecule has 1 rings (SSSR count). The molecule has 0 bridgehead atoms. The van der Waals surface area contributed by atoms with Crippen LogP contribution in [-0.4, -0.2) is 17.0 Å². The van der Waals surface area contributed by atoms with Gasteiger partial charge in [0.05, 0.1) is 6.04 Å². The van der Waals surface area contributed by atoms with Gasteiger partial charge in [-0.2, -0.15) is 0 Å². The molecule has 1 aromatic heterocycles. The molecule has 0 aliphatic heterocycles. The van der Waals surface area contributed by atoms with E-state index in [1.54, 1.807) is 12.4 Å². The Labute approximate surface area is 92.3 Å². The van der Waals surface area contributed by atoms with Gasteiger partial charge in [0.15, 0.2) is 0 Å². The first-order valence-corrected chi connectivity index (χ1v) is 5.68. The van der Waals surface area contributed by atoms with Gasteiger partial charge in [0.25, 0.3) is 0 Å². The largest absolute Gasteiger partial charge is 0.310 e. The highest BCUT2D eigenvalue weighted by atomic mass is 15.0. The van der Waals surface area contributed by atoms with Crippen molar-refractivity contribution in [1.29, 1.82) is 0 Å². The molecule has 0 aliphatic carbocycles. The first-order valence-electron chi connectivity index (χ1n) is 5.68. The Morgan fingerprint density at radius 3 is 2.40 bits per heavy atom. The lowest BCUT2D eigenvalue weighted by Gasteiger charge is -2.14. The summed E-state index contributed by atoms with van der Waals surface area (Å²) in [6, 6.07) is 2.15. The number of nitrogens with zero attached hydrogens (tertiary/aromatic N) is 2. The van der Waals surface area contributed by atoms with Crippen molar-refractivity contribution in [2.24, 2.45) is 5.92 Å².